The third kappa shape index (κ3) is 4.72. The van der Waals surface area contributed by atoms with Crippen LogP contribution in [-0.4, -0.2) is 28.0 Å². The van der Waals surface area contributed by atoms with E-state index in [1.165, 1.54) is 17.3 Å². The number of carbonyl (C=O) groups excluding carboxylic acids is 1. The number of ether oxygens (including phenoxy) is 1. The van der Waals surface area contributed by atoms with E-state index in [1.807, 2.05) is 56.3 Å². The zero-order valence-corrected chi connectivity index (χ0v) is 17.2. The van der Waals surface area contributed by atoms with Crippen molar-refractivity contribution in [1.82, 2.24) is 10.2 Å². The summed E-state index contributed by atoms with van der Waals surface area (Å²) >= 11 is 1.22. The number of aromatic nitrogens is 2. The lowest BCUT2D eigenvalue weighted by molar-refractivity contribution is -0.115. The number of amides is 1. The molecule has 3 aromatic rings. The number of benzene rings is 2. The van der Waals surface area contributed by atoms with Crippen LogP contribution in [-0.2, 0) is 4.79 Å². The molecule has 1 N–H and O–H groups in total. The van der Waals surface area contributed by atoms with Gasteiger partial charge in [0.15, 0.2) is 0 Å². The fraction of sp³-hybridized carbons (Fsp3) is 0.286. The van der Waals surface area contributed by atoms with Gasteiger partial charge < -0.3 is 14.5 Å². The van der Waals surface area contributed by atoms with Crippen LogP contribution in [0.4, 0.5) is 5.69 Å². The first kappa shape index (κ1) is 19.9. The lowest BCUT2D eigenvalue weighted by Crippen LogP contribution is -2.22. The Morgan fingerprint density at radius 1 is 1.18 bits per heavy atom. The van der Waals surface area contributed by atoms with Gasteiger partial charge in [-0.1, -0.05) is 30.0 Å². The first-order valence-corrected chi connectivity index (χ1v) is 9.96. The average Bonchev–Trinajstić information content (AvgIpc) is 3.14. The fourth-order valence-electron chi connectivity index (χ4n) is 2.54. The summed E-state index contributed by atoms with van der Waals surface area (Å²) in [4.78, 5) is 12.6. The van der Waals surface area contributed by atoms with Crippen LogP contribution in [0, 0.1) is 13.8 Å². The van der Waals surface area contributed by atoms with E-state index in [0.717, 1.165) is 11.1 Å². The van der Waals surface area contributed by atoms with Crippen molar-refractivity contribution in [1.29, 1.82) is 0 Å². The molecule has 0 fully saturated rings. The third-order valence-corrected chi connectivity index (χ3v) is 5.19. The number of thioether (sulfide) groups is 1. The molecule has 146 valence electrons. The molecule has 0 radical (unpaired) electrons. The largest absolute Gasteiger partial charge is 0.492 e. The number of rotatable bonds is 7. The molecule has 1 atom stereocenters. The number of hydrogen-bond acceptors (Lipinski definition) is 6. The van der Waals surface area contributed by atoms with E-state index in [2.05, 4.69) is 22.4 Å². The smallest absolute Gasteiger partial charge is 0.277 e. The summed E-state index contributed by atoms with van der Waals surface area (Å²) in [5, 5.41) is 11.0. The maximum absolute atomic E-state index is 12.6. The highest BCUT2D eigenvalue weighted by atomic mass is 32.2. The second-order valence-corrected chi connectivity index (χ2v) is 7.64. The van der Waals surface area contributed by atoms with Crippen LogP contribution < -0.4 is 10.1 Å². The van der Waals surface area contributed by atoms with Crippen molar-refractivity contribution in [3.05, 3.63) is 53.6 Å². The Labute approximate surface area is 168 Å². The molecule has 0 aliphatic heterocycles. The molecule has 1 aromatic heterocycles. The van der Waals surface area contributed by atoms with Gasteiger partial charge in [-0.15, -0.1) is 10.2 Å². The molecule has 1 amide bonds. The zero-order valence-electron chi connectivity index (χ0n) is 16.4. The van der Waals surface area contributed by atoms with Gasteiger partial charge in [-0.05, 0) is 63.1 Å². The summed E-state index contributed by atoms with van der Waals surface area (Å²) < 4.78 is 11.3. The molecular weight excluding hydrogens is 374 g/mol. The van der Waals surface area contributed by atoms with Gasteiger partial charge in [-0.25, -0.2) is 0 Å². The molecule has 0 saturated heterocycles. The lowest BCUT2D eigenvalue weighted by Gasteiger charge is -2.13. The van der Waals surface area contributed by atoms with Crippen LogP contribution in [0.3, 0.4) is 0 Å². The molecule has 7 heteroatoms. The summed E-state index contributed by atoms with van der Waals surface area (Å²) in [7, 11) is 0. The summed E-state index contributed by atoms with van der Waals surface area (Å²) in [6.07, 6.45) is 0. The van der Waals surface area contributed by atoms with Crippen LogP contribution in [0.2, 0.25) is 0 Å². The van der Waals surface area contributed by atoms with Gasteiger partial charge in [0.25, 0.3) is 5.22 Å². The molecule has 0 spiro atoms. The highest BCUT2D eigenvalue weighted by molar-refractivity contribution is 8.00. The number of nitrogens with zero attached hydrogens (tertiary/aromatic N) is 2. The highest BCUT2D eigenvalue weighted by Crippen LogP contribution is 2.29. The van der Waals surface area contributed by atoms with Crippen LogP contribution >= 0.6 is 11.8 Å². The number of carbonyl (C=O) groups is 1. The molecular formula is C21H23N3O3S. The predicted octanol–water partition coefficient (Wildman–Crippen LogP) is 4.87. The zero-order chi connectivity index (χ0) is 20.1. The monoisotopic (exact) mass is 397 g/mol. The van der Waals surface area contributed by atoms with E-state index < -0.39 is 5.25 Å². The summed E-state index contributed by atoms with van der Waals surface area (Å²) in [6, 6.07) is 13.3. The van der Waals surface area contributed by atoms with Gasteiger partial charge in [-0.3, -0.25) is 4.79 Å². The number of nitrogens with one attached hydrogen (secondary N) is 1. The minimum Gasteiger partial charge on any atom is -0.492 e. The first-order chi connectivity index (χ1) is 13.5. The SMILES string of the molecule is CCOc1ccccc1NC(=O)[C@@H](C)Sc1nnc(-c2ccc(C)c(C)c2)o1. The topological polar surface area (TPSA) is 77.2 Å². The predicted molar refractivity (Wildman–Crippen MR) is 111 cm³/mol. The maximum Gasteiger partial charge on any atom is 0.277 e. The van der Waals surface area contributed by atoms with Gasteiger partial charge in [-0.2, -0.15) is 0 Å². The summed E-state index contributed by atoms with van der Waals surface area (Å²) in [6.45, 7) is 8.32. The van der Waals surface area contributed by atoms with Crippen molar-refractivity contribution in [2.24, 2.45) is 0 Å². The third-order valence-electron chi connectivity index (χ3n) is 4.25. The molecule has 28 heavy (non-hydrogen) atoms. The molecule has 3 rings (SSSR count). The van der Waals surface area contributed by atoms with E-state index in [9.17, 15) is 4.79 Å². The lowest BCUT2D eigenvalue weighted by atomic mass is 10.1. The summed E-state index contributed by atoms with van der Waals surface area (Å²) in [5.41, 5.74) is 3.87. The number of hydrogen-bond donors (Lipinski definition) is 1. The van der Waals surface area contributed by atoms with Crippen molar-refractivity contribution >= 4 is 23.4 Å². The molecule has 0 bridgehead atoms. The van der Waals surface area contributed by atoms with E-state index in [0.29, 0.717) is 29.2 Å². The minimum absolute atomic E-state index is 0.164. The fourth-order valence-corrected chi connectivity index (χ4v) is 3.22. The Balaban J connectivity index is 1.66. The number of anilines is 1. The normalized spacial score (nSPS) is 11.9. The van der Waals surface area contributed by atoms with Crippen LogP contribution in [0.5, 0.6) is 5.75 Å². The number of para-hydroxylation sites is 2. The van der Waals surface area contributed by atoms with Crippen molar-refractivity contribution in [2.45, 2.75) is 38.2 Å². The van der Waals surface area contributed by atoms with Crippen molar-refractivity contribution in [2.75, 3.05) is 11.9 Å². The van der Waals surface area contributed by atoms with Crippen molar-refractivity contribution in [3.63, 3.8) is 0 Å². The van der Waals surface area contributed by atoms with E-state index in [-0.39, 0.29) is 5.91 Å². The Hall–Kier alpha value is -2.80. The number of aryl methyl sites for hydroxylation is 2. The van der Waals surface area contributed by atoms with Gasteiger partial charge in [0.1, 0.15) is 5.75 Å². The Morgan fingerprint density at radius 3 is 2.71 bits per heavy atom. The van der Waals surface area contributed by atoms with Crippen molar-refractivity contribution < 1.29 is 13.9 Å². The van der Waals surface area contributed by atoms with Gasteiger partial charge in [0.05, 0.1) is 17.5 Å². The first-order valence-electron chi connectivity index (χ1n) is 9.08. The quantitative estimate of drug-likeness (QED) is 0.573. The molecule has 0 unspecified atom stereocenters. The second-order valence-electron chi connectivity index (χ2n) is 6.35. The second kappa shape index (κ2) is 8.93. The molecule has 2 aromatic carbocycles. The summed E-state index contributed by atoms with van der Waals surface area (Å²) in [5.74, 6) is 0.924. The van der Waals surface area contributed by atoms with Crippen LogP contribution in [0.1, 0.15) is 25.0 Å². The minimum atomic E-state index is -0.414. The highest BCUT2D eigenvalue weighted by Gasteiger charge is 2.20. The van der Waals surface area contributed by atoms with Gasteiger partial charge in [0, 0.05) is 5.56 Å². The van der Waals surface area contributed by atoms with Crippen LogP contribution in [0.25, 0.3) is 11.5 Å². The van der Waals surface area contributed by atoms with E-state index in [4.69, 9.17) is 9.15 Å². The maximum atomic E-state index is 12.6. The average molecular weight is 398 g/mol. The molecule has 6 nitrogen and oxygen atoms in total. The Kier molecular flexibility index (Phi) is 6.36. The van der Waals surface area contributed by atoms with Crippen molar-refractivity contribution in [3.8, 4) is 17.2 Å². The van der Waals surface area contributed by atoms with Crippen LogP contribution in [0.15, 0.2) is 52.1 Å². The Morgan fingerprint density at radius 2 is 1.96 bits per heavy atom. The molecule has 0 saturated carbocycles. The molecule has 0 aliphatic carbocycles. The molecule has 0 aliphatic rings. The molecule has 1 heterocycles. The Bertz CT molecular complexity index is 971. The van der Waals surface area contributed by atoms with Gasteiger partial charge in [0.2, 0.25) is 11.8 Å². The van der Waals surface area contributed by atoms with E-state index in [1.54, 1.807) is 6.92 Å². The standard InChI is InChI=1S/C21H23N3O3S/c1-5-26-18-9-7-6-8-17(18)22-19(25)15(4)28-21-24-23-20(27-21)16-11-10-13(2)14(3)12-16/h6-12,15H,5H2,1-4H3,(H,22,25)/t15-/m1/s1. The van der Waals surface area contributed by atoms with Gasteiger partial charge >= 0.3 is 0 Å². The van der Waals surface area contributed by atoms with E-state index >= 15 is 0 Å².